The smallest absolute Gasteiger partial charge is 0.123 e. The number of rotatable bonds is 8. The molecule has 0 saturated heterocycles. The summed E-state index contributed by atoms with van der Waals surface area (Å²) in [7, 11) is 0. The number of phenolic OH excluding ortho intramolecular Hbond substituents is 1. The monoisotopic (exact) mass is 289 g/mol. The van der Waals surface area contributed by atoms with Gasteiger partial charge in [0.25, 0.3) is 0 Å². The van der Waals surface area contributed by atoms with Gasteiger partial charge < -0.3 is 10.4 Å². The molecule has 1 aromatic rings. The van der Waals surface area contributed by atoms with Gasteiger partial charge >= 0.3 is 0 Å². The van der Waals surface area contributed by atoms with E-state index >= 15 is 0 Å². The van der Waals surface area contributed by atoms with Crippen LogP contribution >= 0.6 is 0 Å². The van der Waals surface area contributed by atoms with E-state index in [0.29, 0.717) is 11.8 Å². The number of phenols is 1. The number of aryl methyl sites for hydroxylation is 2. The molecule has 1 unspecified atom stereocenters. The fraction of sp³-hybridized carbons (Fsp3) is 0.684. The lowest BCUT2D eigenvalue weighted by molar-refractivity contribution is 0.442. The van der Waals surface area contributed by atoms with Crippen LogP contribution in [0.15, 0.2) is 6.07 Å². The summed E-state index contributed by atoms with van der Waals surface area (Å²) < 4.78 is 0. The Morgan fingerprint density at radius 3 is 2.57 bits per heavy atom. The highest BCUT2D eigenvalue weighted by atomic mass is 16.3. The van der Waals surface area contributed by atoms with Crippen molar-refractivity contribution in [3.63, 3.8) is 0 Å². The van der Waals surface area contributed by atoms with Gasteiger partial charge in [-0.3, -0.25) is 0 Å². The van der Waals surface area contributed by atoms with Crippen molar-refractivity contribution in [2.45, 2.75) is 78.2 Å². The number of aromatic hydroxyl groups is 1. The number of benzene rings is 1. The molecule has 2 N–H and O–H groups in total. The van der Waals surface area contributed by atoms with Crippen LogP contribution in [0.2, 0.25) is 0 Å². The highest BCUT2D eigenvalue weighted by molar-refractivity contribution is 5.53. The summed E-state index contributed by atoms with van der Waals surface area (Å²) in [5.41, 5.74) is 4.90. The molecule has 118 valence electrons. The third-order valence-corrected chi connectivity index (χ3v) is 4.82. The molecule has 1 aliphatic rings. The summed E-state index contributed by atoms with van der Waals surface area (Å²) in [5.74, 6) is 0.522. The predicted octanol–water partition coefficient (Wildman–Crippen LogP) is 4.95. The van der Waals surface area contributed by atoms with E-state index in [1.807, 2.05) is 6.92 Å². The minimum Gasteiger partial charge on any atom is -0.507 e. The van der Waals surface area contributed by atoms with Crippen molar-refractivity contribution in [1.29, 1.82) is 0 Å². The second kappa shape index (κ2) is 7.84. The molecule has 1 aromatic carbocycles. The molecule has 2 nitrogen and oxygen atoms in total. The van der Waals surface area contributed by atoms with E-state index in [2.05, 4.69) is 25.2 Å². The molecule has 1 aliphatic carbocycles. The number of hydrogen-bond donors (Lipinski definition) is 2. The normalized spacial score (nSPS) is 17.2. The highest BCUT2D eigenvalue weighted by Gasteiger charge is 2.27. The Balaban J connectivity index is 1.83. The van der Waals surface area contributed by atoms with Gasteiger partial charge in [0.1, 0.15) is 5.75 Å². The number of fused-ring (bicyclic) bond motifs is 1. The van der Waals surface area contributed by atoms with Gasteiger partial charge in [0, 0.05) is 11.6 Å². The second-order valence-electron chi connectivity index (χ2n) is 6.56. The van der Waals surface area contributed by atoms with Crippen LogP contribution in [0.25, 0.3) is 0 Å². The van der Waals surface area contributed by atoms with Crippen molar-refractivity contribution in [2.75, 3.05) is 6.54 Å². The Morgan fingerprint density at radius 2 is 1.81 bits per heavy atom. The standard InChI is InChI=1S/C19H31NO/c1-4-5-6-7-8-9-12-20-17-11-10-16-14(2)13-15(3)19(21)18(16)17/h13,17,20-21H,4-12H2,1-3H3. The van der Waals surface area contributed by atoms with Crippen LogP contribution < -0.4 is 5.32 Å². The van der Waals surface area contributed by atoms with Crippen molar-refractivity contribution >= 4 is 0 Å². The van der Waals surface area contributed by atoms with Gasteiger partial charge in [0.05, 0.1) is 0 Å². The molecule has 0 radical (unpaired) electrons. The van der Waals surface area contributed by atoms with Gasteiger partial charge in [-0.1, -0.05) is 45.1 Å². The van der Waals surface area contributed by atoms with Crippen molar-refractivity contribution in [3.8, 4) is 5.75 Å². The fourth-order valence-electron chi connectivity index (χ4n) is 3.57. The minimum absolute atomic E-state index is 0.356. The average Bonchev–Trinajstić information content (AvgIpc) is 2.88. The second-order valence-corrected chi connectivity index (χ2v) is 6.56. The van der Waals surface area contributed by atoms with Gasteiger partial charge in [-0.05, 0) is 56.3 Å². The third-order valence-electron chi connectivity index (χ3n) is 4.82. The van der Waals surface area contributed by atoms with Gasteiger partial charge in [0.15, 0.2) is 0 Å². The summed E-state index contributed by atoms with van der Waals surface area (Å²) in [6.45, 7) is 7.51. The Morgan fingerprint density at radius 1 is 1.10 bits per heavy atom. The summed E-state index contributed by atoms with van der Waals surface area (Å²) in [6, 6.07) is 2.47. The molecule has 21 heavy (non-hydrogen) atoms. The minimum atomic E-state index is 0.356. The van der Waals surface area contributed by atoms with Crippen molar-refractivity contribution in [2.24, 2.45) is 0 Å². The van der Waals surface area contributed by atoms with E-state index in [-0.39, 0.29) is 0 Å². The van der Waals surface area contributed by atoms with E-state index in [1.165, 1.54) is 55.2 Å². The van der Waals surface area contributed by atoms with Crippen LogP contribution in [0.1, 0.15) is 80.2 Å². The molecule has 0 spiro atoms. The van der Waals surface area contributed by atoms with Gasteiger partial charge in [0.2, 0.25) is 0 Å². The number of hydrogen-bond acceptors (Lipinski definition) is 2. The van der Waals surface area contributed by atoms with Crippen molar-refractivity contribution in [3.05, 3.63) is 28.3 Å². The number of unbranched alkanes of at least 4 members (excludes halogenated alkanes) is 5. The third kappa shape index (κ3) is 4.00. The maximum atomic E-state index is 10.4. The molecule has 0 saturated carbocycles. The Hall–Kier alpha value is -1.02. The molecule has 0 fully saturated rings. The van der Waals surface area contributed by atoms with Crippen LogP contribution in [0.3, 0.4) is 0 Å². The molecule has 2 rings (SSSR count). The number of nitrogens with one attached hydrogen (secondary N) is 1. The maximum Gasteiger partial charge on any atom is 0.123 e. The maximum absolute atomic E-state index is 10.4. The van der Waals surface area contributed by atoms with Crippen molar-refractivity contribution < 1.29 is 5.11 Å². The lowest BCUT2D eigenvalue weighted by atomic mass is 9.98. The SMILES string of the molecule is CCCCCCCCNC1CCc2c(C)cc(C)c(O)c21. The summed E-state index contributed by atoms with van der Waals surface area (Å²) in [6.07, 6.45) is 10.2. The summed E-state index contributed by atoms with van der Waals surface area (Å²) >= 11 is 0. The van der Waals surface area contributed by atoms with Crippen LogP contribution in [0.4, 0.5) is 0 Å². The first-order valence-corrected chi connectivity index (χ1v) is 8.70. The zero-order valence-electron chi connectivity index (χ0n) is 14.0. The molecule has 2 heteroatoms. The van der Waals surface area contributed by atoms with Crippen molar-refractivity contribution in [1.82, 2.24) is 5.32 Å². The summed E-state index contributed by atoms with van der Waals surface area (Å²) in [4.78, 5) is 0. The largest absolute Gasteiger partial charge is 0.507 e. The van der Waals surface area contributed by atoms with E-state index in [9.17, 15) is 5.11 Å². The van der Waals surface area contributed by atoms with Crippen LogP contribution in [-0.4, -0.2) is 11.7 Å². The molecular formula is C19H31NO. The highest BCUT2D eigenvalue weighted by Crippen LogP contribution is 2.41. The van der Waals surface area contributed by atoms with Gasteiger partial charge in [-0.25, -0.2) is 0 Å². The summed E-state index contributed by atoms with van der Waals surface area (Å²) in [5, 5.41) is 14.0. The molecule has 0 heterocycles. The molecule has 0 amide bonds. The topological polar surface area (TPSA) is 32.3 Å². The zero-order valence-corrected chi connectivity index (χ0v) is 14.0. The van der Waals surface area contributed by atoms with Gasteiger partial charge in [-0.2, -0.15) is 0 Å². The molecule has 1 atom stereocenters. The van der Waals surface area contributed by atoms with E-state index in [0.717, 1.165) is 24.9 Å². The van der Waals surface area contributed by atoms with Crippen LogP contribution in [-0.2, 0) is 6.42 Å². The lowest BCUT2D eigenvalue weighted by Gasteiger charge is -2.17. The molecule has 0 aliphatic heterocycles. The first kappa shape index (κ1) is 16.4. The quantitative estimate of drug-likeness (QED) is 0.664. The first-order valence-electron chi connectivity index (χ1n) is 8.70. The molecule has 0 bridgehead atoms. The predicted molar refractivity (Wildman–Crippen MR) is 90.0 cm³/mol. The lowest BCUT2D eigenvalue weighted by Crippen LogP contribution is -2.20. The first-order chi connectivity index (χ1) is 10.1. The zero-order chi connectivity index (χ0) is 15.2. The molecule has 0 aromatic heterocycles. The van der Waals surface area contributed by atoms with E-state index in [4.69, 9.17) is 0 Å². The van der Waals surface area contributed by atoms with Crippen LogP contribution in [0, 0.1) is 13.8 Å². The van der Waals surface area contributed by atoms with Gasteiger partial charge in [-0.15, -0.1) is 0 Å². The Kier molecular flexibility index (Phi) is 6.10. The fourth-order valence-corrected chi connectivity index (χ4v) is 3.57. The van der Waals surface area contributed by atoms with Crippen LogP contribution in [0.5, 0.6) is 5.75 Å². The average molecular weight is 289 g/mol. The molecular weight excluding hydrogens is 258 g/mol. The Labute approximate surface area is 130 Å². The van der Waals surface area contributed by atoms with E-state index < -0.39 is 0 Å². The van der Waals surface area contributed by atoms with E-state index in [1.54, 1.807) is 0 Å². The Bertz CT molecular complexity index is 467.